The van der Waals surface area contributed by atoms with Crippen molar-refractivity contribution in [3.05, 3.63) is 33.9 Å². The maximum absolute atomic E-state index is 5.94. The van der Waals surface area contributed by atoms with Crippen LogP contribution in [0.5, 0.6) is 5.75 Å². The van der Waals surface area contributed by atoms with Crippen molar-refractivity contribution in [1.29, 1.82) is 0 Å². The second kappa shape index (κ2) is 5.34. The number of anilines is 1. The molecular formula is C13H13BrN2OS2. The summed E-state index contributed by atoms with van der Waals surface area (Å²) in [6, 6.07) is 6.18. The third kappa shape index (κ3) is 2.90. The summed E-state index contributed by atoms with van der Waals surface area (Å²) in [6.45, 7) is 2.00. The molecule has 0 radical (unpaired) electrons. The fraction of sp³-hybridized carbons (Fsp3) is 0.308. The summed E-state index contributed by atoms with van der Waals surface area (Å²) in [6.07, 6.45) is 1.20. The van der Waals surface area contributed by atoms with E-state index in [9.17, 15) is 0 Å². The van der Waals surface area contributed by atoms with Crippen molar-refractivity contribution < 1.29 is 4.74 Å². The number of nitrogens with two attached hydrogens (primary N) is 1. The van der Waals surface area contributed by atoms with Gasteiger partial charge in [0.1, 0.15) is 11.9 Å². The van der Waals surface area contributed by atoms with E-state index in [0.29, 0.717) is 5.13 Å². The zero-order chi connectivity index (χ0) is 13.4. The molecule has 6 heteroatoms. The van der Waals surface area contributed by atoms with Gasteiger partial charge in [0.25, 0.3) is 0 Å². The van der Waals surface area contributed by atoms with Gasteiger partial charge in [-0.05, 0) is 30.7 Å². The first-order valence-corrected chi connectivity index (χ1v) is 8.52. The van der Waals surface area contributed by atoms with Gasteiger partial charge in [-0.2, -0.15) is 0 Å². The Morgan fingerprint density at radius 3 is 3.16 bits per heavy atom. The molecule has 0 saturated carbocycles. The minimum Gasteiger partial charge on any atom is -0.489 e. The molecule has 0 amide bonds. The molecule has 1 aliphatic heterocycles. The number of thiazole rings is 1. The second-order valence-electron chi connectivity index (χ2n) is 4.43. The van der Waals surface area contributed by atoms with E-state index in [1.807, 2.05) is 19.1 Å². The van der Waals surface area contributed by atoms with E-state index < -0.39 is 0 Å². The number of hydrogen-bond donors (Lipinski definition) is 1. The van der Waals surface area contributed by atoms with E-state index in [-0.39, 0.29) is 6.10 Å². The van der Waals surface area contributed by atoms with Crippen molar-refractivity contribution in [2.45, 2.75) is 23.7 Å². The lowest BCUT2D eigenvalue weighted by molar-refractivity contribution is 0.259. The van der Waals surface area contributed by atoms with Crippen molar-refractivity contribution in [3.8, 4) is 5.75 Å². The SMILES string of the molecule is Cc1nc(N)sc1SCC1Cc2cc(Br)ccc2O1. The molecular weight excluding hydrogens is 344 g/mol. The number of rotatable bonds is 3. The molecule has 0 fully saturated rings. The Morgan fingerprint density at radius 1 is 1.58 bits per heavy atom. The Labute approximate surface area is 128 Å². The highest BCUT2D eigenvalue weighted by Crippen LogP contribution is 2.36. The van der Waals surface area contributed by atoms with Gasteiger partial charge >= 0.3 is 0 Å². The average Bonchev–Trinajstić information content (AvgIpc) is 2.89. The summed E-state index contributed by atoms with van der Waals surface area (Å²) in [5.41, 5.74) is 8.00. The lowest BCUT2D eigenvalue weighted by Crippen LogP contribution is -2.15. The third-order valence-electron chi connectivity index (χ3n) is 2.93. The van der Waals surface area contributed by atoms with Crippen molar-refractivity contribution in [2.24, 2.45) is 0 Å². The Balaban J connectivity index is 1.63. The fourth-order valence-electron chi connectivity index (χ4n) is 2.09. The van der Waals surface area contributed by atoms with Crippen molar-refractivity contribution in [1.82, 2.24) is 4.98 Å². The van der Waals surface area contributed by atoms with Gasteiger partial charge in [-0.1, -0.05) is 27.3 Å². The lowest BCUT2D eigenvalue weighted by Gasteiger charge is -2.09. The number of nitrogens with zero attached hydrogens (tertiary/aromatic N) is 1. The van der Waals surface area contributed by atoms with E-state index in [1.165, 1.54) is 9.77 Å². The molecule has 1 aromatic carbocycles. The number of hydrogen-bond acceptors (Lipinski definition) is 5. The molecule has 100 valence electrons. The summed E-state index contributed by atoms with van der Waals surface area (Å²) < 4.78 is 8.24. The number of benzene rings is 1. The summed E-state index contributed by atoms with van der Waals surface area (Å²) in [5, 5.41) is 0.638. The quantitative estimate of drug-likeness (QED) is 0.847. The van der Waals surface area contributed by atoms with Crippen LogP contribution in [0.3, 0.4) is 0 Å². The molecule has 2 N–H and O–H groups in total. The van der Waals surface area contributed by atoms with Crippen molar-refractivity contribution >= 4 is 44.2 Å². The molecule has 3 nitrogen and oxygen atoms in total. The number of halogens is 1. The zero-order valence-corrected chi connectivity index (χ0v) is 13.6. The minimum atomic E-state index is 0.233. The van der Waals surface area contributed by atoms with Gasteiger partial charge in [0.15, 0.2) is 5.13 Å². The Morgan fingerprint density at radius 2 is 2.42 bits per heavy atom. The van der Waals surface area contributed by atoms with Crippen LogP contribution in [0.25, 0.3) is 0 Å². The summed E-state index contributed by atoms with van der Waals surface area (Å²) in [4.78, 5) is 4.24. The molecule has 1 aromatic heterocycles. The van der Waals surface area contributed by atoms with Crippen LogP contribution in [0.2, 0.25) is 0 Å². The van der Waals surface area contributed by atoms with Gasteiger partial charge in [0, 0.05) is 16.6 Å². The predicted molar refractivity (Wildman–Crippen MR) is 84.2 cm³/mol. The molecule has 3 rings (SSSR count). The van der Waals surface area contributed by atoms with Gasteiger partial charge in [-0.15, -0.1) is 11.8 Å². The highest BCUT2D eigenvalue weighted by atomic mass is 79.9. The molecule has 1 atom stereocenters. The Kier molecular flexibility index (Phi) is 3.73. The fourth-order valence-corrected chi connectivity index (χ4v) is 4.54. The van der Waals surface area contributed by atoms with Crippen LogP contribution >= 0.6 is 39.0 Å². The smallest absolute Gasteiger partial charge is 0.181 e. The summed E-state index contributed by atoms with van der Waals surface area (Å²) >= 11 is 6.82. The van der Waals surface area contributed by atoms with E-state index in [2.05, 4.69) is 27.0 Å². The Hall–Kier alpha value is -0.720. The van der Waals surface area contributed by atoms with Crippen LogP contribution in [0.1, 0.15) is 11.3 Å². The van der Waals surface area contributed by atoms with Gasteiger partial charge in [-0.3, -0.25) is 0 Å². The number of thioether (sulfide) groups is 1. The van der Waals surface area contributed by atoms with Gasteiger partial charge in [0.2, 0.25) is 0 Å². The van der Waals surface area contributed by atoms with E-state index >= 15 is 0 Å². The highest BCUT2D eigenvalue weighted by Gasteiger charge is 2.23. The summed E-state index contributed by atoms with van der Waals surface area (Å²) in [7, 11) is 0. The largest absolute Gasteiger partial charge is 0.489 e. The first-order valence-electron chi connectivity index (χ1n) is 5.92. The normalized spacial score (nSPS) is 17.3. The molecule has 2 aromatic rings. The van der Waals surface area contributed by atoms with Gasteiger partial charge in [0.05, 0.1) is 9.90 Å². The molecule has 1 aliphatic rings. The summed E-state index contributed by atoms with van der Waals surface area (Å²) in [5.74, 6) is 1.93. The van der Waals surface area contributed by atoms with Gasteiger partial charge < -0.3 is 10.5 Å². The molecule has 0 aliphatic carbocycles. The topological polar surface area (TPSA) is 48.1 Å². The monoisotopic (exact) mass is 356 g/mol. The molecule has 2 heterocycles. The maximum atomic E-state index is 5.94. The second-order valence-corrected chi connectivity index (χ2v) is 7.67. The van der Waals surface area contributed by atoms with Crippen LogP contribution in [-0.4, -0.2) is 16.8 Å². The average molecular weight is 357 g/mol. The number of nitrogen functional groups attached to an aromatic ring is 1. The third-order valence-corrected chi connectivity index (χ3v) is 5.91. The highest BCUT2D eigenvalue weighted by molar-refractivity contribution is 9.10. The molecule has 1 unspecified atom stereocenters. The number of aromatic nitrogens is 1. The van der Waals surface area contributed by atoms with Crippen molar-refractivity contribution in [2.75, 3.05) is 11.5 Å². The first kappa shape index (κ1) is 13.3. The van der Waals surface area contributed by atoms with Crippen LogP contribution in [0.15, 0.2) is 26.9 Å². The van der Waals surface area contributed by atoms with Crippen LogP contribution in [0.4, 0.5) is 5.13 Å². The standard InChI is InChI=1S/C13H13BrN2OS2/c1-7-12(19-13(15)16-7)18-6-10-5-8-4-9(14)2-3-11(8)17-10/h2-4,10H,5-6H2,1H3,(H2,15,16). The van der Waals surface area contributed by atoms with E-state index in [4.69, 9.17) is 10.5 Å². The lowest BCUT2D eigenvalue weighted by atomic mass is 10.1. The number of fused-ring (bicyclic) bond motifs is 1. The van der Waals surface area contributed by atoms with E-state index in [0.717, 1.165) is 28.1 Å². The van der Waals surface area contributed by atoms with Crippen molar-refractivity contribution in [3.63, 3.8) is 0 Å². The van der Waals surface area contributed by atoms with E-state index in [1.54, 1.807) is 23.1 Å². The number of aryl methyl sites for hydroxylation is 1. The van der Waals surface area contributed by atoms with Crippen LogP contribution < -0.4 is 10.5 Å². The van der Waals surface area contributed by atoms with Gasteiger partial charge in [-0.25, -0.2) is 4.98 Å². The maximum Gasteiger partial charge on any atom is 0.181 e. The predicted octanol–water partition coefficient (Wildman–Crippen LogP) is 3.89. The molecule has 0 saturated heterocycles. The minimum absolute atomic E-state index is 0.233. The zero-order valence-electron chi connectivity index (χ0n) is 10.4. The molecule has 0 spiro atoms. The first-order chi connectivity index (χ1) is 9.11. The van der Waals surface area contributed by atoms with Crippen LogP contribution in [-0.2, 0) is 6.42 Å². The Bertz CT molecular complexity index is 615. The number of ether oxygens (including phenoxy) is 1. The molecule has 19 heavy (non-hydrogen) atoms. The molecule has 0 bridgehead atoms. The van der Waals surface area contributed by atoms with Crippen LogP contribution in [0, 0.1) is 6.92 Å².